The Kier molecular flexibility index (Phi) is 1.98. The third kappa shape index (κ3) is 1.30. The standard InChI is InChI=1S/C11H15NO/c1-7-3-4-8(2)11-10(7)9(13)5-6-12-11/h5-8H,3-4H2,1-2H3,(H,12,13). The summed E-state index contributed by atoms with van der Waals surface area (Å²) < 4.78 is 0. The first-order valence-corrected chi connectivity index (χ1v) is 4.88. The maximum Gasteiger partial charge on any atom is 0.122 e. The molecule has 13 heavy (non-hydrogen) atoms. The third-order valence-electron chi connectivity index (χ3n) is 2.99. The summed E-state index contributed by atoms with van der Waals surface area (Å²) in [6, 6.07) is 1.69. The molecule has 1 aliphatic rings. The summed E-state index contributed by atoms with van der Waals surface area (Å²) in [6.45, 7) is 4.34. The monoisotopic (exact) mass is 177 g/mol. The molecule has 0 aliphatic heterocycles. The lowest BCUT2D eigenvalue weighted by atomic mass is 9.81. The quantitative estimate of drug-likeness (QED) is 0.661. The van der Waals surface area contributed by atoms with Crippen LogP contribution in [0.25, 0.3) is 0 Å². The minimum Gasteiger partial charge on any atom is -0.508 e. The second kappa shape index (κ2) is 3.02. The Balaban J connectivity index is 2.56. The molecular weight excluding hydrogens is 162 g/mol. The van der Waals surface area contributed by atoms with Crippen LogP contribution in [0.3, 0.4) is 0 Å². The van der Waals surface area contributed by atoms with E-state index in [9.17, 15) is 5.11 Å². The first-order chi connectivity index (χ1) is 6.20. The predicted molar refractivity (Wildman–Crippen MR) is 52.0 cm³/mol. The van der Waals surface area contributed by atoms with E-state index in [4.69, 9.17) is 0 Å². The fourth-order valence-corrected chi connectivity index (χ4v) is 2.16. The van der Waals surface area contributed by atoms with Crippen molar-refractivity contribution in [3.05, 3.63) is 23.5 Å². The Hall–Kier alpha value is -1.05. The summed E-state index contributed by atoms with van der Waals surface area (Å²) in [7, 11) is 0. The smallest absolute Gasteiger partial charge is 0.122 e. The van der Waals surface area contributed by atoms with Crippen LogP contribution in [0.1, 0.15) is 49.8 Å². The molecule has 1 heterocycles. The van der Waals surface area contributed by atoms with E-state index in [2.05, 4.69) is 18.8 Å². The molecule has 0 bridgehead atoms. The van der Waals surface area contributed by atoms with Crippen molar-refractivity contribution in [2.75, 3.05) is 0 Å². The van der Waals surface area contributed by atoms with E-state index in [0.29, 0.717) is 17.6 Å². The fraction of sp³-hybridized carbons (Fsp3) is 0.545. The maximum atomic E-state index is 9.70. The molecule has 1 N–H and O–H groups in total. The van der Waals surface area contributed by atoms with Gasteiger partial charge in [0, 0.05) is 11.8 Å². The highest BCUT2D eigenvalue weighted by atomic mass is 16.3. The van der Waals surface area contributed by atoms with Crippen molar-refractivity contribution in [3.63, 3.8) is 0 Å². The van der Waals surface area contributed by atoms with Gasteiger partial charge in [-0.1, -0.05) is 13.8 Å². The number of aromatic nitrogens is 1. The first kappa shape index (κ1) is 8.54. The number of aromatic hydroxyl groups is 1. The Morgan fingerprint density at radius 1 is 1.31 bits per heavy atom. The van der Waals surface area contributed by atoms with Gasteiger partial charge in [-0.2, -0.15) is 0 Å². The van der Waals surface area contributed by atoms with Crippen LogP contribution in [0.5, 0.6) is 5.75 Å². The first-order valence-electron chi connectivity index (χ1n) is 4.88. The topological polar surface area (TPSA) is 33.1 Å². The highest BCUT2D eigenvalue weighted by Crippen LogP contribution is 2.40. The summed E-state index contributed by atoms with van der Waals surface area (Å²) in [4.78, 5) is 4.35. The Morgan fingerprint density at radius 2 is 2.00 bits per heavy atom. The van der Waals surface area contributed by atoms with Gasteiger partial charge in [-0.3, -0.25) is 4.98 Å². The van der Waals surface area contributed by atoms with Crippen LogP contribution in [0.4, 0.5) is 0 Å². The Bertz CT molecular complexity index is 322. The van der Waals surface area contributed by atoms with Crippen LogP contribution in [-0.2, 0) is 0 Å². The molecule has 0 fully saturated rings. The van der Waals surface area contributed by atoms with Crippen molar-refractivity contribution in [3.8, 4) is 5.75 Å². The average molecular weight is 177 g/mol. The van der Waals surface area contributed by atoms with E-state index in [-0.39, 0.29) is 0 Å². The maximum absolute atomic E-state index is 9.70. The van der Waals surface area contributed by atoms with Gasteiger partial charge in [-0.05, 0) is 30.7 Å². The zero-order chi connectivity index (χ0) is 9.42. The van der Waals surface area contributed by atoms with Gasteiger partial charge in [0.15, 0.2) is 0 Å². The average Bonchev–Trinajstić information content (AvgIpc) is 2.12. The Labute approximate surface area is 78.6 Å². The summed E-state index contributed by atoms with van der Waals surface area (Å²) in [5.74, 6) is 1.38. The zero-order valence-electron chi connectivity index (χ0n) is 8.12. The molecule has 2 rings (SSSR count). The van der Waals surface area contributed by atoms with Crippen LogP contribution in [0, 0.1) is 0 Å². The highest BCUT2D eigenvalue weighted by molar-refractivity contribution is 5.40. The van der Waals surface area contributed by atoms with Crippen molar-refractivity contribution < 1.29 is 5.11 Å². The third-order valence-corrected chi connectivity index (χ3v) is 2.99. The molecule has 1 aromatic heterocycles. The molecule has 70 valence electrons. The molecule has 0 spiro atoms. The highest BCUT2D eigenvalue weighted by Gasteiger charge is 2.25. The summed E-state index contributed by atoms with van der Waals surface area (Å²) in [6.07, 6.45) is 4.04. The minimum atomic E-state index is 0.420. The van der Waals surface area contributed by atoms with Gasteiger partial charge in [0.1, 0.15) is 5.75 Å². The lowest BCUT2D eigenvalue weighted by molar-refractivity contribution is 0.436. The molecule has 0 saturated carbocycles. The van der Waals surface area contributed by atoms with Crippen LogP contribution >= 0.6 is 0 Å². The molecule has 1 aromatic rings. The SMILES string of the molecule is CC1CCC(C)c2c(O)ccnc21. The number of nitrogens with zero attached hydrogens (tertiary/aromatic N) is 1. The van der Waals surface area contributed by atoms with E-state index in [1.165, 1.54) is 6.42 Å². The minimum absolute atomic E-state index is 0.420. The molecule has 0 aromatic carbocycles. The van der Waals surface area contributed by atoms with Gasteiger partial charge in [0.05, 0.1) is 5.69 Å². The van der Waals surface area contributed by atoms with Crippen LogP contribution < -0.4 is 0 Å². The number of rotatable bonds is 0. The lowest BCUT2D eigenvalue weighted by Gasteiger charge is -2.26. The lowest BCUT2D eigenvalue weighted by Crippen LogP contribution is -2.12. The number of hydrogen-bond donors (Lipinski definition) is 1. The second-order valence-corrected chi connectivity index (χ2v) is 4.01. The fourth-order valence-electron chi connectivity index (χ4n) is 2.16. The van der Waals surface area contributed by atoms with Gasteiger partial charge in [0.25, 0.3) is 0 Å². The molecule has 0 amide bonds. The number of hydrogen-bond acceptors (Lipinski definition) is 2. The van der Waals surface area contributed by atoms with Crippen molar-refractivity contribution in [2.24, 2.45) is 0 Å². The molecular formula is C11H15NO. The Morgan fingerprint density at radius 3 is 2.69 bits per heavy atom. The summed E-state index contributed by atoms with van der Waals surface area (Å²) in [5, 5.41) is 9.70. The van der Waals surface area contributed by atoms with Crippen molar-refractivity contribution >= 4 is 0 Å². The predicted octanol–water partition coefficient (Wildman–Crippen LogP) is 2.79. The van der Waals surface area contributed by atoms with Gasteiger partial charge < -0.3 is 5.11 Å². The number of pyridine rings is 1. The van der Waals surface area contributed by atoms with Gasteiger partial charge in [-0.15, -0.1) is 0 Å². The van der Waals surface area contributed by atoms with Crippen LogP contribution in [0.15, 0.2) is 12.3 Å². The molecule has 2 atom stereocenters. The molecule has 0 saturated heterocycles. The second-order valence-electron chi connectivity index (χ2n) is 4.01. The van der Waals surface area contributed by atoms with Crippen LogP contribution in [0.2, 0.25) is 0 Å². The van der Waals surface area contributed by atoms with Gasteiger partial charge in [-0.25, -0.2) is 0 Å². The van der Waals surface area contributed by atoms with E-state index in [1.54, 1.807) is 12.3 Å². The molecule has 2 nitrogen and oxygen atoms in total. The van der Waals surface area contributed by atoms with Gasteiger partial charge >= 0.3 is 0 Å². The molecule has 2 unspecified atom stereocenters. The normalized spacial score (nSPS) is 26.9. The van der Waals surface area contributed by atoms with Crippen molar-refractivity contribution in [1.29, 1.82) is 0 Å². The molecule has 2 heteroatoms. The van der Waals surface area contributed by atoms with Crippen LogP contribution in [-0.4, -0.2) is 10.1 Å². The van der Waals surface area contributed by atoms with E-state index >= 15 is 0 Å². The largest absolute Gasteiger partial charge is 0.508 e. The van der Waals surface area contributed by atoms with E-state index in [0.717, 1.165) is 17.7 Å². The van der Waals surface area contributed by atoms with Gasteiger partial charge in [0.2, 0.25) is 0 Å². The van der Waals surface area contributed by atoms with E-state index < -0.39 is 0 Å². The number of fused-ring (bicyclic) bond motifs is 1. The molecule has 1 aliphatic carbocycles. The summed E-state index contributed by atoms with van der Waals surface area (Å²) >= 11 is 0. The molecule has 0 radical (unpaired) electrons. The zero-order valence-corrected chi connectivity index (χ0v) is 8.12. The summed E-state index contributed by atoms with van der Waals surface area (Å²) in [5.41, 5.74) is 2.17. The van der Waals surface area contributed by atoms with E-state index in [1.807, 2.05) is 0 Å². The van der Waals surface area contributed by atoms with Crippen molar-refractivity contribution in [2.45, 2.75) is 38.5 Å². The van der Waals surface area contributed by atoms with Crippen molar-refractivity contribution in [1.82, 2.24) is 4.98 Å².